The van der Waals surface area contributed by atoms with Crippen LogP contribution in [-0.2, 0) is 0 Å². The summed E-state index contributed by atoms with van der Waals surface area (Å²) in [6, 6.07) is 20.3. The highest BCUT2D eigenvalue weighted by Crippen LogP contribution is 2.37. The number of hydrogen-bond donors (Lipinski definition) is 2. The average Bonchev–Trinajstić information content (AvgIpc) is 3.04. The zero-order valence-electron chi connectivity index (χ0n) is 12.9. The number of fused-ring (bicyclic) bond motifs is 2. The summed E-state index contributed by atoms with van der Waals surface area (Å²) in [5, 5.41) is 3.44. The maximum atomic E-state index is 6.67. The largest absolute Gasteiger partial charge is 0.496 e. The van der Waals surface area contributed by atoms with Gasteiger partial charge in [0.05, 0.1) is 13.2 Å². The van der Waals surface area contributed by atoms with Crippen molar-refractivity contribution in [3.63, 3.8) is 0 Å². The summed E-state index contributed by atoms with van der Waals surface area (Å²) >= 11 is 0. The Kier molecular flexibility index (Phi) is 3.28. The molecule has 0 amide bonds. The zero-order valence-corrected chi connectivity index (χ0v) is 12.9. The van der Waals surface area contributed by atoms with E-state index in [-0.39, 0.29) is 6.04 Å². The molecule has 3 nitrogen and oxygen atoms in total. The maximum Gasteiger partial charge on any atom is 0.124 e. The molecule has 3 aromatic carbocycles. The van der Waals surface area contributed by atoms with Crippen LogP contribution < -0.4 is 10.5 Å². The number of para-hydroxylation sites is 1. The molecule has 1 aromatic heterocycles. The fourth-order valence-corrected chi connectivity index (χ4v) is 3.28. The molecule has 114 valence electrons. The van der Waals surface area contributed by atoms with E-state index >= 15 is 0 Å². The van der Waals surface area contributed by atoms with Gasteiger partial charge in [0.1, 0.15) is 5.75 Å². The van der Waals surface area contributed by atoms with Gasteiger partial charge in [-0.1, -0.05) is 48.5 Å². The molecule has 0 aliphatic rings. The van der Waals surface area contributed by atoms with Crippen LogP contribution in [0.3, 0.4) is 0 Å². The third-order valence-electron chi connectivity index (χ3n) is 4.42. The summed E-state index contributed by atoms with van der Waals surface area (Å²) in [5.74, 6) is 0.821. The van der Waals surface area contributed by atoms with E-state index in [9.17, 15) is 0 Å². The standard InChI is InChI=1S/C20H18N2O/c1-23-18-11-10-13-6-2-3-7-14(13)19(18)20(21)16-12-22-17-9-5-4-8-15(16)17/h2-12,20,22H,21H2,1H3. The van der Waals surface area contributed by atoms with Crippen LogP contribution in [0.15, 0.2) is 66.9 Å². The summed E-state index contributed by atoms with van der Waals surface area (Å²) in [6.45, 7) is 0. The molecule has 4 rings (SSSR count). The van der Waals surface area contributed by atoms with E-state index in [1.807, 2.05) is 36.5 Å². The number of ether oxygens (including phenoxy) is 1. The molecule has 23 heavy (non-hydrogen) atoms. The van der Waals surface area contributed by atoms with Crippen molar-refractivity contribution in [3.05, 3.63) is 78.0 Å². The van der Waals surface area contributed by atoms with E-state index < -0.39 is 0 Å². The smallest absolute Gasteiger partial charge is 0.124 e. The second-order valence-electron chi connectivity index (χ2n) is 5.67. The Balaban J connectivity index is 1.97. The second-order valence-corrected chi connectivity index (χ2v) is 5.67. The van der Waals surface area contributed by atoms with E-state index in [1.54, 1.807) is 7.11 Å². The average molecular weight is 302 g/mol. The first kappa shape index (κ1) is 13.9. The van der Waals surface area contributed by atoms with Crippen LogP contribution in [0, 0.1) is 0 Å². The van der Waals surface area contributed by atoms with Gasteiger partial charge >= 0.3 is 0 Å². The topological polar surface area (TPSA) is 51.0 Å². The van der Waals surface area contributed by atoms with E-state index in [4.69, 9.17) is 10.5 Å². The number of aromatic amines is 1. The molecule has 1 atom stereocenters. The highest BCUT2D eigenvalue weighted by atomic mass is 16.5. The fourth-order valence-electron chi connectivity index (χ4n) is 3.28. The Hall–Kier alpha value is -2.78. The molecule has 0 radical (unpaired) electrons. The number of hydrogen-bond acceptors (Lipinski definition) is 2. The molecule has 0 aliphatic carbocycles. The molecule has 0 fully saturated rings. The maximum absolute atomic E-state index is 6.67. The Morgan fingerprint density at radius 1 is 0.913 bits per heavy atom. The van der Waals surface area contributed by atoms with Crippen LogP contribution in [-0.4, -0.2) is 12.1 Å². The summed E-state index contributed by atoms with van der Waals surface area (Å²) < 4.78 is 5.59. The van der Waals surface area contributed by atoms with Crippen LogP contribution in [0.4, 0.5) is 0 Å². The number of nitrogens with one attached hydrogen (secondary N) is 1. The SMILES string of the molecule is COc1ccc2ccccc2c1C(N)c1c[nH]c2ccccc12. The van der Waals surface area contributed by atoms with Crippen molar-refractivity contribution in [1.29, 1.82) is 0 Å². The molecule has 3 N–H and O–H groups in total. The van der Waals surface area contributed by atoms with Crippen LogP contribution in [0.25, 0.3) is 21.7 Å². The van der Waals surface area contributed by atoms with Gasteiger partial charge in [-0.3, -0.25) is 0 Å². The minimum Gasteiger partial charge on any atom is -0.496 e. The zero-order chi connectivity index (χ0) is 15.8. The summed E-state index contributed by atoms with van der Waals surface area (Å²) in [6.07, 6.45) is 2.00. The van der Waals surface area contributed by atoms with Gasteiger partial charge in [0.2, 0.25) is 0 Å². The van der Waals surface area contributed by atoms with Gasteiger partial charge in [-0.25, -0.2) is 0 Å². The minimum absolute atomic E-state index is 0.257. The quantitative estimate of drug-likeness (QED) is 0.590. The van der Waals surface area contributed by atoms with Crippen LogP contribution in [0.1, 0.15) is 17.2 Å². The van der Waals surface area contributed by atoms with Crippen LogP contribution in [0.2, 0.25) is 0 Å². The van der Waals surface area contributed by atoms with Gasteiger partial charge in [0.25, 0.3) is 0 Å². The lowest BCUT2D eigenvalue weighted by atomic mass is 9.93. The lowest BCUT2D eigenvalue weighted by Crippen LogP contribution is -2.13. The Bertz CT molecular complexity index is 987. The molecule has 0 saturated carbocycles. The Morgan fingerprint density at radius 2 is 1.65 bits per heavy atom. The number of aromatic nitrogens is 1. The number of benzene rings is 3. The van der Waals surface area contributed by atoms with Crippen molar-refractivity contribution < 1.29 is 4.74 Å². The van der Waals surface area contributed by atoms with E-state index in [0.29, 0.717) is 0 Å². The molecule has 0 aliphatic heterocycles. The fraction of sp³-hybridized carbons (Fsp3) is 0.100. The lowest BCUT2D eigenvalue weighted by Gasteiger charge is -2.18. The van der Waals surface area contributed by atoms with Crippen molar-refractivity contribution in [2.45, 2.75) is 6.04 Å². The van der Waals surface area contributed by atoms with Gasteiger partial charge in [-0.05, 0) is 28.5 Å². The molecular weight excluding hydrogens is 284 g/mol. The van der Waals surface area contributed by atoms with Crippen molar-refractivity contribution in [3.8, 4) is 5.75 Å². The Morgan fingerprint density at radius 3 is 2.48 bits per heavy atom. The number of methoxy groups -OCH3 is 1. The third-order valence-corrected chi connectivity index (χ3v) is 4.42. The molecule has 4 aromatic rings. The first-order valence-corrected chi connectivity index (χ1v) is 7.67. The summed E-state index contributed by atoms with van der Waals surface area (Å²) in [5.41, 5.74) is 9.87. The predicted molar refractivity (Wildman–Crippen MR) is 94.8 cm³/mol. The minimum atomic E-state index is -0.257. The molecular formula is C20H18N2O. The van der Waals surface area contributed by atoms with Gasteiger partial charge < -0.3 is 15.5 Å². The second kappa shape index (κ2) is 5.45. The molecule has 1 unspecified atom stereocenters. The molecule has 3 heteroatoms. The number of H-pyrrole nitrogens is 1. The lowest BCUT2D eigenvalue weighted by molar-refractivity contribution is 0.409. The molecule has 0 spiro atoms. The number of nitrogens with two attached hydrogens (primary N) is 1. The predicted octanol–water partition coefficient (Wildman–Crippen LogP) is 4.38. The highest BCUT2D eigenvalue weighted by Gasteiger charge is 2.20. The summed E-state index contributed by atoms with van der Waals surface area (Å²) in [4.78, 5) is 3.30. The third kappa shape index (κ3) is 2.17. The molecule has 0 saturated heterocycles. The molecule has 0 bridgehead atoms. The monoisotopic (exact) mass is 302 g/mol. The van der Waals surface area contributed by atoms with Gasteiger partial charge in [0.15, 0.2) is 0 Å². The molecule has 1 heterocycles. The van der Waals surface area contributed by atoms with Crippen molar-refractivity contribution in [1.82, 2.24) is 4.98 Å². The van der Waals surface area contributed by atoms with Crippen LogP contribution >= 0.6 is 0 Å². The van der Waals surface area contributed by atoms with Crippen LogP contribution in [0.5, 0.6) is 5.75 Å². The van der Waals surface area contributed by atoms with E-state index in [1.165, 1.54) is 5.39 Å². The van der Waals surface area contributed by atoms with E-state index in [0.717, 1.165) is 33.2 Å². The number of rotatable bonds is 3. The van der Waals surface area contributed by atoms with Crippen molar-refractivity contribution in [2.75, 3.05) is 7.11 Å². The Labute approximate surface area is 134 Å². The van der Waals surface area contributed by atoms with Gasteiger partial charge in [-0.15, -0.1) is 0 Å². The van der Waals surface area contributed by atoms with Crippen molar-refractivity contribution in [2.24, 2.45) is 5.73 Å². The normalized spacial score (nSPS) is 12.6. The first-order valence-electron chi connectivity index (χ1n) is 7.67. The van der Waals surface area contributed by atoms with Gasteiger partial charge in [-0.2, -0.15) is 0 Å². The highest BCUT2D eigenvalue weighted by molar-refractivity contribution is 5.90. The van der Waals surface area contributed by atoms with Gasteiger partial charge in [0, 0.05) is 22.7 Å². The van der Waals surface area contributed by atoms with Crippen molar-refractivity contribution >= 4 is 21.7 Å². The van der Waals surface area contributed by atoms with E-state index in [2.05, 4.69) is 35.3 Å². The first-order chi connectivity index (χ1) is 11.3. The summed E-state index contributed by atoms with van der Waals surface area (Å²) in [7, 11) is 1.69.